The predicted molar refractivity (Wildman–Crippen MR) is 79.2 cm³/mol. The molecule has 23 heavy (non-hydrogen) atoms. The Morgan fingerprint density at radius 3 is 2.57 bits per heavy atom. The van der Waals surface area contributed by atoms with Crippen LogP contribution in [0.5, 0.6) is 0 Å². The first kappa shape index (κ1) is 16.9. The zero-order valence-electron chi connectivity index (χ0n) is 12.6. The van der Waals surface area contributed by atoms with E-state index < -0.39 is 17.5 Å². The molecule has 1 aromatic carbocycles. The Kier molecular flexibility index (Phi) is 5.68. The summed E-state index contributed by atoms with van der Waals surface area (Å²) in [5.41, 5.74) is -0.396. The molecule has 0 aromatic heterocycles. The third-order valence-electron chi connectivity index (χ3n) is 3.74. The molecule has 122 valence electrons. The van der Waals surface area contributed by atoms with Crippen molar-refractivity contribution in [3.63, 3.8) is 0 Å². The lowest BCUT2D eigenvalue weighted by molar-refractivity contribution is -0.190. The van der Waals surface area contributed by atoms with Crippen LogP contribution in [0.3, 0.4) is 0 Å². The van der Waals surface area contributed by atoms with Crippen molar-refractivity contribution in [3.05, 3.63) is 35.9 Å². The summed E-state index contributed by atoms with van der Waals surface area (Å²) in [6.07, 6.45) is 0.126. The fourth-order valence-electron chi connectivity index (χ4n) is 2.31. The average Bonchev–Trinajstić information content (AvgIpc) is 2.50. The standard InChI is InChI=1S/C16H18N2O5/c17-7-4-8-18(16(15(20)21)11-22-12-16)9-14(19)23-10-13-5-2-1-3-6-13/h1-3,5-6H,4,8-12H2,(H,20,21). The van der Waals surface area contributed by atoms with Gasteiger partial charge in [0.1, 0.15) is 6.61 Å². The first-order chi connectivity index (χ1) is 11.1. The lowest BCUT2D eigenvalue weighted by Crippen LogP contribution is -2.68. The summed E-state index contributed by atoms with van der Waals surface area (Å²) in [5, 5.41) is 18.1. The van der Waals surface area contributed by atoms with Crippen LogP contribution < -0.4 is 0 Å². The van der Waals surface area contributed by atoms with Gasteiger partial charge in [0.25, 0.3) is 0 Å². The zero-order chi connectivity index (χ0) is 16.7. The first-order valence-electron chi connectivity index (χ1n) is 7.21. The molecular weight excluding hydrogens is 300 g/mol. The van der Waals surface area contributed by atoms with Gasteiger partial charge in [-0.15, -0.1) is 0 Å². The van der Waals surface area contributed by atoms with E-state index in [4.69, 9.17) is 14.7 Å². The van der Waals surface area contributed by atoms with Crippen LogP contribution in [0.1, 0.15) is 12.0 Å². The molecule has 1 fully saturated rings. The van der Waals surface area contributed by atoms with Crippen molar-refractivity contribution < 1.29 is 24.2 Å². The third kappa shape index (κ3) is 4.06. The highest BCUT2D eigenvalue weighted by molar-refractivity contribution is 5.81. The Morgan fingerprint density at radius 1 is 1.35 bits per heavy atom. The zero-order valence-corrected chi connectivity index (χ0v) is 12.6. The summed E-state index contributed by atoms with van der Waals surface area (Å²) < 4.78 is 10.2. The van der Waals surface area contributed by atoms with Crippen LogP contribution in [0, 0.1) is 11.3 Å². The number of carboxylic acids is 1. The Labute approximate surface area is 134 Å². The van der Waals surface area contributed by atoms with Crippen molar-refractivity contribution in [2.75, 3.05) is 26.3 Å². The third-order valence-corrected chi connectivity index (χ3v) is 3.74. The van der Waals surface area contributed by atoms with Crippen LogP contribution >= 0.6 is 0 Å². The maximum Gasteiger partial charge on any atom is 0.328 e. The van der Waals surface area contributed by atoms with Gasteiger partial charge in [-0.05, 0) is 5.56 Å². The minimum absolute atomic E-state index is 0.000271. The molecule has 7 nitrogen and oxygen atoms in total. The van der Waals surface area contributed by atoms with Crippen LogP contribution in [0.2, 0.25) is 0 Å². The van der Waals surface area contributed by atoms with Gasteiger partial charge in [-0.1, -0.05) is 30.3 Å². The predicted octanol–water partition coefficient (Wildman–Crippen LogP) is 0.799. The number of rotatable bonds is 8. The molecule has 0 aliphatic carbocycles. The summed E-state index contributed by atoms with van der Waals surface area (Å²) in [6, 6.07) is 11.2. The van der Waals surface area contributed by atoms with Crippen LogP contribution in [-0.2, 0) is 25.7 Å². The van der Waals surface area contributed by atoms with E-state index in [-0.39, 0.29) is 39.3 Å². The van der Waals surface area contributed by atoms with Crippen molar-refractivity contribution in [3.8, 4) is 6.07 Å². The van der Waals surface area contributed by atoms with Gasteiger partial charge in [-0.2, -0.15) is 5.26 Å². The van der Waals surface area contributed by atoms with E-state index in [9.17, 15) is 14.7 Å². The number of hydrogen-bond donors (Lipinski definition) is 1. The number of nitrogens with zero attached hydrogens (tertiary/aromatic N) is 2. The van der Waals surface area contributed by atoms with E-state index in [0.717, 1.165) is 5.56 Å². The van der Waals surface area contributed by atoms with E-state index in [1.165, 1.54) is 4.90 Å². The number of hydrogen-bond acceptors (Lipinski definition) is 6. The number of carbonyl (C=O) groups is 2. The molecule has 1 aliphatic rings. The minimum Gasteiger partial charge on any atom is -0.480 e. The minimum atomic E-state index is -1.25. The summed E-state index contributed by atoms with van der Waals surface area (Å²) in [6.45, 7) is 0.110. The molecule has 1 heterocycles. The highest BCUT2D eigenvalue weighted by Crippen LogP contribution is 2.26. The van der Waals surface area contributed by atoms with Crippen LogP contribution in [0.4, 0.5) is 0 Å². The smallest absolute Gasteiger partial charge is 0.328 e. The van der Waals surface area contributed by atoms with Crippen molar-refractivity contribution in [2.45, 2.75) is 18.6 Å². The van der Waals surface area contributed by atoms with Crippen LogP contribution in [0.25, 0.3) is 0 Å². The lowest BCUT2D eigenvalue weighted by Gasteiger charge is -2.45. The van der Waals surface area contributed by atoms with Gasteiger partial charge >= 0.3 is 11.9 Å². The SMILES string of the molecule is N#CCCN(CC(=O)OCc1ccccc1)C1(C(=O)O)COC1. The van der Waals surface area contributed by atoms with Gasteiger partial charge in [0, 0.05) is 13.0 Å². The normalized spacial score (nSPS) is 15.5. The first-order valence-corrected chi connectivity index (χ1v) is 7.21. The molecule has 1 aliphatic heterocycles. The summed E-state index contributed by atoms with van der Waals surface area (Å²) >= 11 is 0. The summed E-state index contributed by atoms with van der Waals surface area (Å²) in [5.74, 6) is -1.59. The van der Waals surface area contributed by atoms with Crippen molar-refractivity contribution in [1.29, 1.82) is 5.26 Å². The van der Waals surface area contributed by atoms with Gasteiger partial charge in [-0.25, -0.2) is 0 Å². The highest BCUT2D eigenvalue weighted by atomic mass is 16.5. The maximum atomic E-state index is 12.0. The summed E-state index contributed by atoms with van der Waals surface area (Å²) in [7, 11) is 0. The molecule has 0 unspecified atom stereocenters. The Bertz CT molecular complexity index is 592. The fraction of sp³-hybridized carbons (Fsp3) is 0.438. The largest absolute Gasteiger partial charge is 0.480 e. The van der Waals surface area contributed by atoms with E-state index >= 15 is 0 Å². The second kappa shape index (κ2) is 7.72. The molecule has 1 N–H and O–H groups in total. The molecule has 0 amide bonds. The number of ether oxygens (including phenoxy) is 2. The second-order valence-electron chi connectivity index (χ2n) is 5.31. The van der Waals surface area contributed by atoms with E-state index in [1.807, 2.05) is 36.4 Å². The topological polar surface area (TPSA) is 99.9 Å². The molecule has 0 spiro atoms. The molecule has 0 radical (unpaired) electrons. The Hall–Kier alpha value is -2.43. The van der Waals surface area contributed by atoms with E-state index in [0.29, 0.717) is 0 Å². The van der Waals surface area contributed by atoms with Crippen LogP contribution in [0.15, 0.2) is 30.3 Å². The quantitative estimate of drug-likeness (QED) is 0.708. The Morgan fingerprint density at radius 2 is 2.04 bits per heavy atom. The van der Waals surface area contributed by atoms with Crippen molar-refractivity contribution >= 4 is 11.9 Å². The Balaban J connectivity index is 1.96. The number of nitriles is 1. The van der Waals surface area contributed by atoms with Crippen molar-refractivity contribution in [2.24, 2.45) is 0 Å². The molecule has 1 aromatic rings. The summed E-state index contributed by atoms with van der Waals surface area (Å²) in [4.78, 5) is 25.0. The fourth-order valence-corrected chi connectivity index (χ4v) is 2.31. The van der Waals surface area contributed by atoms with E-state index in [2.05, 4.69) is 0 Å². The molecule has 1 saturated heterocycles. The van der Waals surface area contributed by atoms with E-state index in [1.54, 1.807) is 0 Å². The van der Waals surface area contributed by atoms with Gasteiger partial charge in [0.05, 0.1) is 25.8 Å². The molecule has 0 atom stereocenters. The number of esters is 1. The number of benzene rings is 1. The van der Waals surface area contributed by atoms with Gasteiger partial charge < -0.3 is 14.6 Å². The second-order valence-corrected chi connectivity index (χ2v) is 5.31. The molecule has 0 bridgehead atoms. The van der Waals surface area contributed by atoms with Gasteiger partial charge in [0.15, 0.2) is 5.54 Å². The van der Waals surface area contributed by atoms with Gasteiger partial charge in [0.2, 0.25) is 0 Å². The highest BCUT2D eigenvalue weighted by Gasteiger charge is 2.51. The number of carboxylic acid groups (broad SMARTS) is 1. The molecule has 7 heteroatoms. The maximum absolute atomic E-state index is 12.0. The van der Waals surface area contributed by atoms with Crippen molar-refractivity contribution in [1.82, 2.24) is 4.90 Å². The van der Waals surface area contributed by atoms with Crippen LogP contribution in [-0.4, -0.2) is 53.8 Å². The number of carbonyl (C=O) groups excluding carboxylic acids is 1. The lowest BCUT2D eigenvalue weighted by atomic mass is 9.94. The average molecular weight is 318 g/mol. The number of aliphatic carboxylic acids is 1. The monoisotopic (exact) mass is 318 g/mol. The molecule has 0 saturated carbocycles. The molecular formula is C16H18N2O5. The molecule has 2 rings (SSSR count). The van der Waals surface area contributed by atoms with Gasteiger partial charge in [-0.3, -0.25) is 14.5 Å².